The fourth-order valence-electron chi connectivity index (χ4n) is 17.2. The summed E-state index contributed by atoms with van der Waals surface area (Å²) in [6, 6.07) is 139. The second kappa shape index (κ2) is 52.4. The maximum Gasteiger partial charge on any atom is 0.116 e. The van der Waals surface area contributed by atoms with Gasteiger partial charge in [-0.05, 0) is 256 Å². The molecule has 638 valence electrons. The topological polar surface area (TPSA) is 9.72 Å². The van der Waals surface area contributed by atoms with Crippen LogP contribution < -0.4 is 84.0 Å². The van der Waals surface area contributed by atoms with E-state index in [-0.39, 0.29) is 53.4 Å². The number of rotatable bonds is 39. The van der Waals surface area contributed by atoms with Crippen LogP contribution in [0.4, 0.5) is 51.2 Å². The van der Waals surface area contributed by atoms with Gasteiger partial charge in [0, 0.05) is 74.5 Å². The molecule has 11 heteroatoms. The summed E-state index contributed by atoms with van der Waals surface area (Å²) in [4.78, 5) is 7.21. The first-order valence-corrected chi connectivity index (χ1v) is 53.0. The predicted octanol–water partition coefficient (Wildman–Crippen LogP) is 25.1. The average molecular weight is 2010 g/mol. The Balaban J connectivity index is 0.000000216. The SMILES string of the molecule is Brc1ccc(N(c2ccc(Br)cc2)c2cccc(C[P+](c3ccccc3)(c3ccccc3)c3ccccc3)c2)cc1.CCCCCCC[P+](CCCCCC)(CCCCCC)Cc1cc(N(c2ccccc2)c2ccc(-c3ccccc3)cc2)ccc1-c1ccccc1.CC[P+](CC)(CC)Cc1ccccc1N(c1ccccc1)c1ccccc1.[Br-].[Cl-].[I-]. The molecular weight excluding hydrogens is 1880 g/mol. The van der Waals surface area contributed by atoms with Gasteiger partial charge >= 0.3 is 0 Å². The third-order valence-electron chi connectivity index (χ3n) is 24.0. The lowest BCUT2D eigenvalue weighted by atomic mass is 9.99. The van der Waals surface area contributed by atoms with Crippen LogP contribution >= 0.6 is 53.6 Å². The zero-order valence-electron chi connectivity index (χ0n) is 73.0. The molecule has 0 aliphatic carbocycles. The zero-order valence-corrected chi connectivity index (χ0v) is 83.4. The third kappa shape index (κ3) is 27.6. The largest absolute Gasteiger partial charge is 1.00 e. The molecule has 0 aromatic heterocycles. The molecular formula is C112H125Br3ClIN3P3. The van der Waals surface area contributed by atoms with Crippen LogP contribution in [-0.2, 0) is 18.5 Å². The van der Waals surface area contributed by atoms with E-state index in [2.05, 4.69) is 470 Å². The van der Waals surface area contributed by atoms with Crippen molar-refractivity contribution in [3.63, 3.8) is 0 Å². The minimum Gasteiger partial charge on any atom is -1.00 e. The Morgan fingerprint density at radius 1 is 0.252 bits per heavy atom. The van der Waals surface area contributed by atoms with Crippen molar-refractivity contribution < 1.29 is 53.4 Å². The fraction of sp³-hybridized carbons (Fsp3) is 0.250. The fourth-order valence-corrected chi connectivity index (χ4v) is 29.8. The van der Waals surface area contributed by atoms with E-state index in [1.165, 1.54) is 216 Å². The van der Waals surface area contributed by atoms with Crippen molar-refractivity contribution in [1.29, 1.82) is 0 Å². The Kier molecular flexibility index (Phi) is 42.2. The lowest BCUT2D eigenvalue weighted by molar-refractivity contribution is -0.00100. The summed E-state index contributed by atoms with van der Waals surface area (Å²) in [6.45, 7) is 14.2. The number of anilines is 9. The summed E-state index contributed by atoms with van der Waals surface area (Å²) in [5.41, 5.74) is 20.4. The van der Waals surface area contributed by atoms with Gasteiger partial charge in [0.05, 0.1) is 61.1 Å². The van der Waals surface area contributed by atoms with Gasteiger partial charge < -0.3 is 68.1 Å². The van der Waals surface area contributed by atoms with Crippen molar-refractivity contribution in [1.82, 2.24) is 0 Å². The summed E-state index contributed by atoms with van der Waals surface area (Å²) in [5.74, 6) is 0. The number of benzene rings is 14. The molecule has 0 bridgehead atoms. The van der Waals surface area contributed by atoms with Crippen LogP contribution in [0.1, 0.15) is 142 Å². The van der Waals surface area contributed by atoms with Crippen molar-refractivity contribution in [2.45, 2.75) is 143 Å². The van der Waals surface area contributed by atoms with Gasteiger partial charge in [0.25, 0.3) is 0 Å². The molecule has 0 saturated carbocycles. The molecule has 0 radical (unpaired) electrons. The Morgan fingerprint density at radius 2 is 0.569 bits per heavy atom. The van der Waals surface area contributed by atoms with E-state index in [4.69, 9.17) is 0 Å². The van der Waals surface area contributed by atoms with E-state index in [1.54, 1.807) is 5.56 Å². The standard InChI is InChI=1S/C50H65NP.C37H29Br2NP.C25H31NP.BrH.ClH.HI/c1-4-7-10-13-25-40-52(38-23-11-8-5-2,39-24-12-9-6-3)42-46-41-49(36-37-50(46)45-28-19-15-20-29-45)51(47-30-21-16-22-31-47)48-34-32-44(33-35-48)43-26-17-14-18-27-43;38-30-19-23-32(24-20-30)40(33-25-21-31(39)22-26-33)34-12-10-11-29(27-34)28-41(35-13-4-1-5-14-35,36-15-6-2-7-16-36)37-17-8-3-9-18-37;1-4-27(5-2,6-3)21-22-15-13-14-20-25(22)26(23-16-9-7-10-17-23)24-18-11-8-12-19-24;;;/h14-22,26-37,41H,4-13,23-25,38-40,42H2,1-3H3;1-27H,28H2;7-20H,4-6,21H2,1-3H3;3*1H/q3*+1;;;/p-3. The van der Waals surface area contributed by atoms with E-state index < -0.39 is 21.8 Å². The molecule has 0 fully saturated rings. The lowest BCUT2D eigenvalue weighted by Crippen LogP contribution is -3.00. The van der Waals surface area contributed by atoms with Gasteiger partial charge in [0.15, 0.2) is 0 Å². The highest BCUT2D eigenvalue weighted by Gasteiger charge is 2.46. The molecule has 0 amide bonds. The van der Waals surface area contributed by atoms with Crippen LogP contribution in [0.2, 0.25) is 0 Å². The van der Waals surface area contributed by atoms with Crippen LogP contribution in [-0.4, -0.2) is 37.0 Å². The molecule has 0 spiro atoms. The maximum atomic E-state index is 3.61. The molecule has 14 rings (SSSR count). The van der Waals surface area contributed by atoms with E-state index >= 15 is 0 Å². The van der Waals surface area contributed by atoms with E-state index in [0.29, 0.717) is 0 Å². The van der Waals surface area contributed by atoms with Crippen LogP contribution in [0.15, 0.2) is 391 Å². The Hall–Kier alpha value is -7.77. The molecule has 0 aliphatic rings. The quantitative estimate of drug-likeness (QED) is 0.0216. The number of nitrogens with zero attached hydrogens (tertiary/aromatic N) is 3. The Labute approximate surface area is 791 Å². The monoisotopic (exact) mass is 2000 g/mol. The lowest BCUT2D eigenvalue weighted by Gasteiger charge is -2.31. The van der Waals surface area contributed by atoms with Crippen molar-refractivity contribution in [2.24, 2.45) is 0 Å². The van der Waals surface area contributed by atoms with Crippen LogP contribution in [0, 0.1) is 0 Å². The van der Waals surface area contributed by atoms with E-state index in [9.17, 15) is 0 Å². The molecule has 0 heterocycles. The highest BCUT2D eigenvalue weighted by atomic mass is 127. The minimum atomic E-state index is -2.01. The number of hydrogen-bond acceptors (Lipinski definition) is 3. The Bertz CT molecular complexity index is 5060. The molecule has 14 aromatic carbocycles. The van der Waals surface area contributed by atoms with E-state index in [1.807, 2.05) is 0 Å². The third-order valence-corrected chi connectivity index (χ3v) is 39.3. The zero-order chi connectivity index (χ0) is 83.5. The van der Waals surface area contributed by atoms with Crippen molar-refractivity contribution >= 4 is 121 Å². The molecule has 0 saturated heterocycles. The minimum absolute atomic E-state index is 0. The molecule has 3 nitrogen and oxygen atoms in total. The number of hydrogen-bond donors (Lipinski definition) is 0. The van der Waals surface area contributed by atoms with Crippen LogP contribution in [0.3, 0.4) is 0 Å². The number of halogens is 5. The molecule has 0 unspecified atom stereocenters. The number of unbranched alkanes of at least 4 members (excludes halogenated alkanes) is 10. The van der Waals surface area contributed by atoms with Crippen molar-refractivity contribution in [3.05, 3.63) is 408 Å². The highest BCUT2D eigenvalue weighted by molar-refractivity contribution is 9.10. The summed E-state index contributed by atoms with van der Waals surface area (Å²) < 4.78 is 2.13. The van der Waals surface area contributed by atoms with Gasteiger partial charge in [-0.2, -0.15) is 0 Å². The number of para-hydroxylation sites is 4. The van der Waals surface area contributed by atoms with Crippen LogP contribution in [0.5, 0.6) is 0 Å². The van der Waals surface area contributed by atoms with Gasteiger partial charge in [-0.25, -0.2) is 0 Å². The summed E-state index contributed by atoms with van der Waals surface area (Å²) >= 11 is 7.21. The predicted molar refractivity (Wildman–Crippen MR) is 543 cm³/mol. The molecule has 0 atom stereocenters. The molecule has 0 aliphatic heterocycles. The average Bonchev–Trinajstić information content (AvgIpc) is 0.745. The second-order valence-corrected chi connectivity index (χ2v) is 46.6. The maximum absolute atomic E-state index is 3.61. The van der Waals surface area contributed by atoms with Crippen molar-refractivity contribution in [2.75, 3.05) is 51.7 Å². The van der Waals surface area contributed by atoms with Crippen molar-refractivity contribution in [3.8, 4) is 22.3 Å². The normalized spacial score (nSPS) is 11.1. The molecule has 123 heavy (non-hydrogen) atoms. The summed E-state index contributed by atoms with van der Waals surface area (Å²) in [6.07, 6.45) is 29.5. The highest BCUT2D eigenvalue weighted by Crippen LogP contribution is 2.65. The van der Waals surface area contributed by atoms with Gasteiger partial charge in [-0.15, -0.1) is 0 Å². The van der Waals surface area contributed by atoms with Gasteiger partial charge in [0.1, 0.15) is 23.2 Å². The summed E-state index contributed by atoms with van der Waals surface area (Å²) in [7, 11) is -4.20. The summed E-state index contributed by atoms with van der Waals surface area (Å²) in [5, 5.41) is 4.17. The Morgan fingerprint density at radius 3 is 0.992 bits per heavy atom. The first kappa shape index (κ1) is 99.0. The van der Waals surface area contributed by atoms with Gasteiger partial charge in [-0.3, -0.25) is 0 Å². The smallest absolute Gasteiger partial charge is 0.116 e. The molecule has 0 N–H and O–H groups in total. The first-order chi connectivity index (χ1) is 59.0. The van der Waals surface area contributed by atoms with Gasteiger partial charge in [0.2, 0.25) is 0 Å². The first-order valence-electron chi connectivity index (χ1n) is 44.3. The van der Waals surface area contributed by atoms with Crippen LogP contribution in [0.25, 0.3) is 22.3 Å². The second-order valence-electron chi connectivity index (χ2n) is 32.0. The van der Waals surface area contributed by atoms with E-state index in [0.717, 1.165) is 32.2 Å². The molecule has 14 aromatic rings. The van der Waals surface area contributed by atoms with Gasteiger partial charge in [-0.1, -0.05) is 316 Å².